The van der Waals surface area contributed by atoms with E-state index in [0.29, 0.717) is 16.5 Å². The SMILES string of the molecule is CN(C)C(=O)COc1ccc(NC(=O)C2CCCN2)cc1Cl.Cl. The lowest BCUT2D eigenvalue weighted by molar-refractivity contribution is -0.130. The summed E-state index contributed by atoms with van der Waals surface area (Å²) in [5.74, 6) is 0.194. The molecule has 1 fully saturated rings. The molecule has 0 radical (unpaired) electrons. The molecule has 0 bridgehead atoms. The van der Waals surface area contributed by atoms with Gasteiger partial charge in [-0.25, -0.2) is 0 Å². The second kappa shape index (κ2) is 8.96. The number of amides is 2. The van der Waals surface area contributed by atoms with Crippen molar-refractivity contribution in [2.24, 2.45) is 0 Å². The molecule has 128 valence electrons. The minimum Gasteiger partial charge on any atom is -0.482 e. The molecule has 1 aliphatic rings. The van der Waals surface area contributed by atoms with E-state index in [1.807, 2.05) is 0 Å². The van der Waals surface area contributed by atoms with Gasteiger partial charge in [0.1, 0.15) is 5.75 Å². The van der Waals surface area contributed by atoms with Crippen LogP contribution in [0.5, 0.6) is 5.75 Å². The number of ether oxygens (including phenoxy) is 1. The van der Waals surface area contributed by atoms with Crippen LogP contribution in [0, 0.1) is 0 Å². The zero-order chi connectivity index (χ0) is 16.1. The number of nitrogens with zero attached hydrogens (tertiary/aromatic N) is 1. The van der Waals surface area contributed by atoms with Gasteiger partial charge in [-0.2, -0.15) is 0 Å². The van der Waals surface area contributed by atoms with Crippen LogP contribution in [0.3, 0.4) is 0 Å². The van der Waals surface area contributed by atoms with Gasteiger partial charge in [-0.15, -0.1) is 12.4 Å². The maximum Gasteiger partial charge on any atom is 0.259 e. The van der Waals surface area contributed by atoms with Gasteiger partial charge in [0, 0.05) is 19.8 Å². The van der Waals surface area contributed by atoms with Gasteiger partial charge in [0.2, 0.25) is 5.91 Å². The minimum atomic E-state index is -0.152. The average molecular weight is 362 g/mol. The Labute approximate surface area is 146 Å². The third kappa shape index (κ3) is 5.57. The summed E-state index contributed by atoms with van der Waals surface area (Å²) in [7, 11) is 3.31. The first kappa shape index (κ1) is 19.5. The molecule has 1 aromatic rings. The van der Waals surface area contributed by atoms with Crippen molar-refractivity contribution in [3.05, 3.63) is 23.2 Å². The summed E-state index contributed by atoms with van der Waals surface area (Å²) in [6, 6.07) is 4.81. The van der Waals surface area contributed by atoms with Crippen molar-refractivity contribution >= 4 is 41.5 Å². The number of halogens is 2. The fourth-order valence-electron chi connectivity index (χ4n) is 2.10. The highest BCUT2D eigenvalue weighted by Crippen LogP contribution is 2.28. The maximum atomic E-state index is 12.0. The summed E-state index contributed by atoms with van der Waals surface area (Å²) in [5, 5.41) is 6.30. The fraction of sp³-hybridized carbons (Fsp3) is 0.467. The van der Waals surface area contributed by atoms with Crippen molar-refractivity contribution in [2.75, 3.05) is 32.6 Å². The Morgan fingerprint density at radius 2 is 2.17 bits per heavy atom. The number of carbonyl (C=O) groups excluding carboxylic acids is 2. The van der Waals surface area contributed by atoms with Crippen LogP contribution in [-0.4, -0.2) is 50.0 Å². The number of hydrogen-bond donors (Lipinski definition) is 2. The topological polar surface area (TPSA) is 70.7 Å². The quantitative estimate of drug-likeness (QED) is 0.840. The molecule has 0 saturated carbocycles. The molecule has 0 spiro atoms. The third-order valence-corrected chi connectivity index (χ3v) is 3.72. The number of likely N-dealkylation sites (N-methyl/N-ethyl adjacent to an activating group) is 1. The summed E-state index contributed by atoms with van der Waals surface area (Å²) in [6.45, 7) is 0.788. The second-order valence-electron chi connectivity index (χ2n) is 5.36. The summed E-state index contributed by atoms with van der Waals surface area (Å²) in [5.41, 5.74) is 0.606. The largest absolute Gasteiger partial charge is 0.482 e. The van der Waals surface area contributed by atoms with Crippen LogP contribution in [-0.2, 0) is 9.59 Å². The molecular weight excluding hydrogens is 341 g/mol. The van der Waals surface area contributed by atoms with Crippen LogP contribution in [0.4, 0.5) is 5.69 Å². The van der Waals surface area contributed by atoms with E-state index in [0.717, 1.165) is 19.4 Å². The van der Waals surface area contributed by atoms with Gasteiger partial charge in [0.15, 0.2) is 6.61 Å². The summed E-state index contributed by atoms with van der Waals surface area (Å²) >= 11 is 6.12. The molecule has 1 atom stereocenters. The number of hydrogen-bond acceptors (Lipinski definition) is 4. The van der Waals surface area contributed by atoms with E-state index in [1.165, 1.54) is 4.90 Å². The van der Waals surface area contributed by atoms with E-state index in [2.05, 4.69) is 10.6 Å². The first-order valence-electron chi connectivity index (χ1n) is 7.14. The Hall–Kier alpha value is -1.50. The molecule has 2 amide bonds. The minimum absolute atomic E-state index is 0. The van der Waals surface area contributed by atoms with Gasteiger partial charge in [-0.3, -0.25) is 9.59 Å². The third-order valence-electron chi connectivity index (χ3n) is 3.43. The standard InChI is InChI=1S/C15H20ClN3O3.ClH/c1-19(2)14(20)9-22-13-6-5-10(8-11(13)16)18-15(21)12-4-3-7-17-12;/h5-6,8,12,17H,3-4,7,9H2,1-2H3,(H,18,21);1H. The van der Waals surface area contributed by atoms with Crippen LogP contribution in [0.1, 0.15) is 12.8 Å². The Kier molecular flexibility index (Phi) is 7.61. The van der Waals surface area contributed by atoms with Crippen LogP contribution in [0.2, 0.25) is 5.02 Å². The normalized spacial score (nSPS) is 16.4. The molecule has 1 aromatic carbocycles. The monoisotopic (exact) mass is 361 g/mol. The van der Waals surface area contributed by atoms with E-state index in [-0.39, 0.29) is 36.9 Å². The van der Waals surface area contributed by atoms with Gasteiger partial charge in [-0.1, -0.05) is 11.6 Å². The number of benzene rings is 1. The first-order valence-corrected chi connectivity index (χ1v) is 7.52. The van der Waals surface area contributed by atoms with Crippen LogP contribution >= 0.6 is 24.0 Å². The average Bonchev–Trinajstić information content (AvgIpc) is 3.00. The summed E-state index contributed by atoms with van der Waals surface area (Å²) in [4.78, 5) is 24.9. The first-order chi connectivity index (χ1) is 10.5. The predicted octanol–water partition coefficient (Wildman–Crippen LogP) is 1.92. The molecule has 2 rings (SSSR count). The van der Waals surface area contributed by atoms with Crippen LogP contribution < -0.4 is 15.4 Å². The molecule has 23 heavy (non-hydrogen) atoms. The zero-order valence-electron chi connectivity index (χ0n) is 13.1. The molecule has 1 heterocycles. The van der Waals surface area contributed by atoms with E-state index in [9.17, 15) is 9.59 Å². The molecule has 1 unspecified atom stereocenters. The van der Waals surface area contributed by atoms with Crippen LogP contribution in [0.15, 0.2) is 18.2 Å². The van der Waals surface area contributed by atoms with E-state index in [4.69, 9.17) is 16.3 Å². The van der Waals surface area contributed by atoms with Crippen molar-refractivity contribution < 1.29 is 14.3 Å². The highest BCUT2D eigenvalue weighted by molar-refractivity contribution is 6.32. The Morgan fingerprint density at radius 1 is 1.43 bits per heavy atom. The molecule has 1 aliphatic heterocycles. The maximum absolute atomic E-state index is 12.0. The molecule has 1 saturated heterocycles. The highest BCUT2D eigenvalue weighted by atomic mass is 35.5. The van der Waals surface area contributed by atoms with E-state index in [1.54, 1.807) is 32.3 Å². The van der Waals surface area contributed by atoms with Crippen molar-refractivity contribution in [3.8, 4) is 5.75 Å². The molecule has 8 heteroatoms. The molecule has 2 N–H and O–H groups in total. The van der Waals surface area contributed by atoms with Gasteiger partial charge in [0.05, 0.1) is 11.1 Å². The fourth-order valence-corrected chi connectivity index (χ4v) is 2.34. The number of rotatable bonds is 5. The van der Waals surface area contributed by atoms with Crippen molar-refractivity contribution in [1.29, 1.82) is 0 Å². The Morgan fingerprint density at radius 3 is 2.74 bits per heavy atom. The van der Waals surface area contributed by atoms with Gasteiger partial charge in [-0.05, 0) is 37.6 Å². The van der Waals surface area contributed by atoms with Crippen molar-refractivity contribution in [2.45, 2.75) is 18.9 Å². The second-order valence-corrected chi connectivity index (χ2v) is 5.77. The van der Waals surface area contributed by atoms with Gasteiger partial charge < -0.3 is 20.3 Å². The Balaban J connectivity index is 0.00000264. The highest BCUT2D eigenvalue weighted by Gasteiger charge is 2.22. The molecule has 0 aromatic heterocycles. The Bertz CT molecular complexity index is 561. The smallest absolute Gasteiger partial charge is 0.259 e. The molecular formula is C15H21Cl2N3O3. The van der Waals surface area contributed by atoms with Gasteiger partial charge >= 0.3 is 0 Å². The van der Waals surface area contributed by atoms with E-state index >= 15 is 0 Å². The predicted molar refractivity (Wildman–Crippen MR) is 92.5 cm³/mol. The lowest BCUT2D eigenvalue weighted by Crippen LogP contribution is -2.35. The van der Waals surface area contributed by atoms with Crippen molar-refractivity contribution in [3.63, 3.8) is 0 Å². The lowest BCUT2D eigenvalue weighted by atomic mass is 10.2. The zero-order valence-corrected chi connectivity index (χ0v) is 14.7. The summed E-state index contributed by atoms with van der Waals surface area (Å²) < 4.78 is 5.37. The van der Waals surface area contributed by atoms with E-state index < -0.39 is 0 Å². The number of anilines is 1. The molecule has 6 nitrogen and oxygen atoms in total. The molecule has 0 aliphatic carbocycles. The van der Waals surface area contributed by atoms with Crippen LogP contribution in [0.25, 0.3) is 0 Å². The summed E-state index contributed by atoms with van der Waals surface area (Å²) in [6.07, 6.45) is 1.85. The number of nitrogens with one attached hydrogen (secondary N) is 2. The number of carbonyl (C=O) groups is 2. The lowest BCUT2D eigenvalue weighted by Gasteiger charge is -2.14. The van der Waals surface area contributed by atoms with Gasteiger partial charge in [0.25, 0.3) is 5.91 Å². The van der Waals surface area contributed by atoms with Crippen molar-refractivity contribution in [1.82, 2.24) is 10.2 Å².